The van der Waals surface area contributed by atoms with Crippen LogP contribution < -0.4 is 11.3 Å². The van der Waals surface area contributed by atoms with Gasteiger partial charge in [-0.15, -0.1) is 11.3 Å². The van der Waals surface area contributed by atoms with Crippen LogP contribution in [0.2, 0.25) is 0 Å². The van der Waals surface area contributed by atoms with Crippen LogP contribution in [-0.2, 0) is 6.54 Å². The number of aromatic nitrogens is 2. The molecule has 0 amide bonds. The van der Waals surface area contributed by atoms with E-state index in [4.69, 9.17) is 5.84 Å². The van der Waals surface area contributed by atoms with Gasteiger partial charge < -0.3 is 0 Å². The predicted octanol–water partition coefficient (Wildman–Crippen LogP) is 2.59. The Labute approximate surface area is 113 Å². The molecule has 0 saturated heterocycles. The Balaban J connectivity index is 2.49. The van der Waals surface area contributed by atoms with E-state index >= 15 is 0 Å². The Kier molecular flexibility index (Phi) is 3.98. The molecular formula is C11H15BrN4S. The lowest BCUT2D eigenvalue weighted by Gasteiger charge is -2.17. The van der Waals surface area contributed by atoms with Gasteiger partial charge >= 0.3 is 0 Å². The van der Waals surface area contributed by atoms with E-state index in [9.17, 15) is 0 Å². The van der Waals surface area contributed by atoms with Crippen LogP contribution in [0, 0.1) is 6.92 Å². The minimum absolute atomic E-state index is 0.0215. The maximum absolute atomic E-state index is 5.71. The molecule has 0 saturated carbocycles. The van der Waals surface area contributed by atoms with Gasteiger partial charge in [-0.2, -0.15) is 5.10 Å². The average Bonchev–Trinajstić information content (AvgIpc) is 2.89. The van der Waals surface area contributed by atoms with E-state index in [1.54, 1.807) is 11.3 Å². The van der Waals surface area contributed by atoms with Crippen molar-refractivity contribution in [1.29, 1.82) is 0 Å². The van der Waals surface area contributed by atoms with Gasteiger partial charge in [-0.05, 0) is 46.8 Å². The fourth-order valence-electron chi connectivity index (χ4n) is 1.87. The lowest BCUT2D eigenvalue weighted by molar-refractivity contribution is 0.545. The van der Waals surface area contributed by atoms with Crippen molar-refractivity contribution < 1.29 is 0 Å². The van der Waals surface area contributed by atoms with Crippen molar-refractivity contribution in [2.75, 3.05) is 0 Å². The fourth-order valence-corrected chi connectivity index (χ4v) is 3.38. The van der Waals surface area contributed by atoms with Crippen molar-refractivity contribution in [3.05, 3.63) is 38.3 Å². The Morgan fingerprint density at radius 2 is 2.41 bits per heavy atom. The van der Waals surface area contributed by atoms with Crippen molar-refractivity contribution >= 4 is 27.3 Å². The maximum Gasteiger partial charge on any atom is 0.0984 e. The standard InChI is InChI=1S/C11H15BrN4S/c1-3-16-10(8(12)6-14-16)9(15-13)11-7(2)4-5-17-11/h4-6,9,15H,3,13H2,1-2H3. The Morgan fingerprint density at radius 3 is 2.94 bits per heavy atom. The predicted molar refractivity (Wildman–Crippen MR) is 73.8 cm³/mol. The number of rotatable bonds is 4. The Bertz CT molecular complexity index is 505. The zero-order chi connectivity index (χ0) is 12.4. The molecule has 2 heterocycles. The van der Waals surface area contributed by atoms with Crippen LogP contribution in [0.25, 0.3) is 0 Å². The van der Waals surface area contributed by atoms with Crippen LogP contribution in [0.5, 0.6) is 0 Å². The average molecular weight is 315 g/mol. The molecule has 0 aromatic carbocycles. The smallest absolute Gasteiger partial charge is 0.0984 e. The van der Waals surface area contributed by atoms with Gasteiger partial charge in [0.25, 0.3) is 0 Å². The van der Waals surface area contributed by atoms with Gasteiger partial charge in [0.2, 0.25) is 0 Å². The third kappa shape index (κ3) is 2.30. The number of hydrazine groups is 1. The van der Waals surface area contributed by atoms with Gasteiger partial charge in [-0.3, -0.25) is 10.5 Å². The normalized spacial score (nSPS) is 12.9. The summed E-state index contributed by atoms with van der Waals surface area (Å²) in [6.45, 7) is 4.98. The third-order valence-electron chi connectivity index (χ3n) is 2.74. The molecule has 2 rings (SSSR count). The first kappa shape index (κ1) is 12.8. The van der Waals surface area contributed by atoms with Gasteiger partial charge in [-0.25, -0.2) is 5.43 Å². The molecule has 0 aliphatic rings. The minimum atomic E-state index is -0.0215. The molecule has 3 N–H and O–H groups in total. The summed E-state index contributed by atoms with van der Waals surface area (Å²) in [4.78, 5) is 1.23. The first-order valence-corrected chi connectivity index (χ1v) is 7.07. The summed E-state index contributed by atoms with van der Waals surface area (Å²) in [5, 5.41) is 6.40. The third-order valence-corrected chi connectivity index (χ3v) is 4.43. The summed E-state index contributed by atoms with van der Waals surface area (Å²) in [6.07, 6.45) is 1.81. The molecule has 92 valence electrons. The largest absolute Gasteiger partial charge is 0.270 e. The number of hydrogen-bond donors (Lipinski definition) is 2. The summed E-state index contributed by atoms with van der Waals surface area (Å²) >= 11 is 5.24. The zero-order valence-corrected chi connectivity index (χ0v) is 12.2. The van der Waals surface area contributed by atoms with Gasteiger partial charge in [0.05, 0.1) is 22.4 Å². The van der Waals surface area contributed by atoms with Crippen LogP contribution in [0.1, 0.15) is 29.1 Å². The summed E-state index contributed by atoms with van der Waals surface area (Å²) in [5.74, 6) is 5.71. The first-order valence-electron chi connectivity index (χ1n) is 5.40. The molecule has 0 aliphatic carbocycles. The highest BCUT2D eigenvalue weighted by molar-refractivity contribution is 9.10. The van der Waals surface area contributed by atoms with Crippen LogP contribution >= 0.6 is 27.3 Å². The topological polar surface area (TPSA) is 55.9 Å². The van der Waals surface area contributed by atoms with E-state index in [1.165, 1.54) is 10.4 Å². The quantitative estimate of drug-likeness (QED) is 0.673. The number of nitrogens with zero attached hydrogens (tertiary/aromatic N) is 2. The van der Waals surface area contributed by atoms with Crippen LogP contribution in [0.15, 0.2) is 22.1 Å². The number of halogens is 1. The van der Waals surface area contributed by atoms with Crippen molar-refractivity contribution in [1.82, 2.24) is 15.2 Å². The summed E-state index contributed by atoms with van der Waals surface area (Å²) in [6, 6.07) is 2.08. The second-order valence-electron chi connectivity index (χ2n) is 3.76. The summed E-state index contributed by atoms with van der Waals surface area (Å²) in [5.41, 5.74) is 5.20. The van der Waals surface area contributed by atoms with Crippen molar-refractivity contribution in [2.24, 2.45) is 5.84 Å². The molecule has 1 unspecified atom stereocenters. The van der Waals surface area contributed by atoms with Gasteiger partial charge in [0.1, 0.15) is 0 Å². The molecule has 0 spiro atoms. The number of nitrogens with two attached hydrogens (primary N) is 1. The molecule has 4 nitrogen and oxygen atoms in total. The molecule has 6 heteroatoms. The molecule has 0 fully saturated rings. The van der Waals surface area contributed by atoms with E-state index in [0.29, 0.717) is 0 Å². The lowest BCUT2D eigenvalue weighted by Crippen LogP contribution is -2.30. The van der Waals surface area contributed by atoms with Crippen molar-refractivity contribution in [3.63, 3.8) is 0 Å². The number of nitrogens with one attached hydrogen (secondary N) is 1. The molecule has 0 aliphatic heterocycles. The van der Waals surface area contributed by atoms with Crippen molar-refractivity contribution in [3.8, 4) is 0 Å². The second-order valence-corrected chi connectivity index (χ2v) is 5.56. The van der Waals surface area contributed by atoms with Crippen LogP contribution in [-0.4, -0.2) is 9.78 Å². The first-order chi connectivity index (χ1) is 8.19. The summed E-state index contributed by atoms with van der Waals surface area (Å²) in [7, 11) is 0. The highest BCUT2D eigenvalue weighted by Crippen LogP contribution is 2.32. The molecule has 2 aromatic rings. The van der Waals surface area contributed by atoms with E-state index < -0.39 is 0 Å². The lowest BCUT2D eigenvalue weighted by atomic mass is 10.1. The SMILES string of the molecule is CCn1ncc(Br)c1C(NN)c1sccc1C. The van der Waals surface area contributed by atoms with E-state index in [2.05, 4.69) is 51.7 Å². The maximum atomic E-state index is 5.71. The molecule has 0 bridgehead atoms. The van der Waals surface area contributed by atoms with E-state index in [0.717, 1.165) is 16.7 Å². The summed E-state index contributed by atoms with van der Waals surface area (Å²) < 4.78 is 2.93. The molecular weight excluding hydrogens is 300 g/mol. The zero-order valence-electron chi connectivity index (χ0n) is 9.77. The highest BCUT2D eigenvalue weighted by Gasteiger charge is 2.22. The van der Waals surface area contributed by atoms with E-state index in [-0.39, 0.29) is 6.04 Å². The van der Waals surface area contributed by atoms with Gasteiger partial charge in [-0.1, -0.05) is 0 Å². The number of hydrogen-bond acceptors (Lipinski definition) is 4. The molecule has 17 heavy (non-hydrogen) atoms. The Hall–Kier alpha value is -0.690. The number of thiophene rings is 1. The monoisotopic (exact) mass is 314 g/mol. The van der Waals surface area contributed by atoms with Crippen LogP contribution in [0.3, 0.4) is 0 Å². The second kappa shape index (κ2) is 5.30. The van der Waals surface area contributed by atoms with Gasteiger partial charge in [0.15, 0.2) is 0 Å². The Morgan fingerprint density at radius 1 is 1.65 bits per heavy atom. The van der Waals surface area contributed by atoms with E-state index in [1.807, 2.05) is 10.9 Å². The van der Waals surface area contributed by atoms with Crippen LogP contribution in [0.4, 0.5) is 0 Å². The molecule has 2 aromatic heterocycles. The number of aryl methyl sites for hydroxylation is 2. The minimum Gasteiger partial charge on any atom is -0.270 e. The highest BCUT2D eigenvalue weighted by atomic mass is 79.9. The fraction of sp³-hybridized carbons (Fsp3) is 0.364. The molecule has 1 atom stereocenters. The van der Waals surface area contributed by atoms with Gasteiger partial charge in [0, 0.05) is 11.4 Å². The molecule has 0 radical (unpaired) electrons. The van der Waals surface area contributed by atoms with Crippen molar-refractivity contribution in [2.45, 2.75) is 26.4 Å².